The zero-order valence-electron chi connectivity index (χ0n) is 10.2. The number of nitrogens with two attached hydrogens (primary N) is 1. The van der Waals surface area contributed by atoms with E-state index in [0.29, 0.717) is 5.92 Å². The van der Waals surface area contributed by atoms with Crippen molar-refractivity contribution in [3.63, 3.8) is 0 Å². The lowest BCUT2D eigenvalue weighted by Gasteiger charge is -2.19. The number of benzene rings is 1. The van der Waals surface area contributed by atoms with Crippen molar-refractivity contribution in [2.75, 3.05) is 6.54 Å². The average Bonchev–Trinajstić information content (AvgIpc) is 3.19. The highest BCUT2D eigenvalue weighted by atomic mass is 16.1. The van der Waals surface area contributed by atoms with E-state index in [2.05, 4.69) is 5.32 Å². The predicted octanol–water partition coefficient (Wildman–Crippen LogP) is 1.85. The zero-order valence-corrected chi connectivity index (χ0v) is 10.2. The number of rotatable bonds is 5. The molecule has 17 heavy (non-hydrogen) atoms. The molecule has 1 aromatic rings. The third-order valence-electron chi connectivity index (χ3n) is 3.40. The Bertz CT molecular complexity index is 373. The molecule has 0 saturated heterocycles. The zero-order chi connectivity index (χ0) is 12.3. The van der Waals surface area contributed by atoms with Crippen molar-refractivity contribution in [1.82, 2.24) is 5.32 Å². The maximum absolute atomic E-state index is 11.9. The van der Waals surface area contributed by atoms with Gasteiger partial charge in [0.25, 0.3) is 0 Å². The molecule has 0 aromatic heterocycles. The van der Waals surface area contributed by atoms with Gasteiger partial charge in [0.2, 0.25) is 5.91 Å². The maximum Gasteiger partial charge on any atom is 0.224 e. The summed E-state index contributed by atoms with van der Waals surface area (Å²) >= 11 is 0. The molecule has 1 aliphatic carbocycles. The van der Waals surface area contributed by atoms with Gasteiger partial charge in [0.05, 0.1) is 5.92 Å². The highest BCUT2D eigenvalue weighted by Gasteiger charge is 2.25. The van der Waals surface area contributed by atoms with E-state index >= 15 is 0 Å². The van der Waals surface area contributed by atoms with Gasteiger partial charge in [0.15, 0.2) is 0 Å². The summed E-state index contributed by atoms with van der Waals surface area (Å²) in [5, 5.41) is 2.98. The molecule has 1 aromatic carbocycles. The fourth-order valence-corrected chi connectivity index (χ4v) is 1.85. The Morgan fingerprint density at radius 3 is 2.65 bits per heavy atom. The quantitative estimate of drug-likeness (QED) is 0.814. The lowest BCUT2D eigenvalue weighted by atomic mass is 9.94. The van der Waals surface area contributed by atoms with Gasteiger partial charge in [0, 0.05) is 12.6 Å². The number of carbonyl (C=O) groups excluding carboxylic acids is 1. The van der Waals surface area contributed by atoms with Gasteiger partial charge >= 0.3 is 0 Å². The van der Waals surface area contributed by atoms with Crippen molar-refractivity contribution in [1.29, 1.82) is 0 Å². The van der Waals surface area contributed by atoms with E-state index in [4.69, 9.17) is 5.73 Å². The molecule has 0 bridgehead atoms. The van der Waals surface area contributed by atoms with Crippen LogP contribution in [0.2, 0.25) is 0 Å². The summed E-state index contributed by atoms with van der Waals surface area (Å²) in [7, 11) is 0. The molecule has 2 atom stereocenters. The Balaban J connectivity index is 1.89. The number of amides is 1. The first-order valence-electron chi connectivity index (χ1n) is 6.26. The molecule has 0 spiro atoms. The largest absolute Gasteiger partial charge is 0.356 e. The smallest absolute Gasteiger partial charge is 0.224 e. The van der Waals surface area contributed by atoms with Crippen LogP contribution in [-0.2, 0) is 4.79 Å². The van der Waals surface area contributed by atoms with Crippen LogP contribution in [0.15, 0.2) is 30.3 Å². The van der Waals surface area contributed by atoms with Crippen LogP contribution in [0, 0.1) is 11.8 Å². The Labute approximate surface area is 102 Å². The molecule has 1 aliphatic rings. The summed E-state index contributed by atoms with van der Waals surface area (Å²) in [5.41, 5.74) is 7.12. The van der Waals surface area contributed by atoms with Gasteiger partial charge in [-0.2, -0.15) is 0 Å². The number of hydrogen-bond acceptors (Lipinski definition) is 2. The predicted molar refractivity (Wildman–Crippen MR) is 68.3 cm³/mol. The standard InChI is InChI=1S/C14H20N2O/c1-10(14(17)16-9-11-7-8-11)13(15)12-5-3-2-4-6-12/h2-6,10-11,13H,7-9,15H2,1H3,(H,16,17). The first-order valence-corrected chi connectivity index (χ1v) is 6.26. The van der Waals surface area contributed by atoms with Crippen LogP contribution in [0.4, 0.5) is 0 Å². The van der Waals surface area contributed by atoms with Gasteiger partial charge in [-0.1, -0.05) is 37.3 Å². The molecule has 2 rings (SSSR count). The van der Waals surface area contributed by atoms with Crippen molar-refractivity contribution < 1.29 is 4.79 Å². The molecule has 0 heterocycles. The molecule has 3 heteroatoms. The lowest BCUT2D eigenvalue weighted by Crippen LogP contribution is -2.36. The molecule has 3 N–H and O–H groups in total. The first-order chi connectivity index (χ1) is 8.18. The van der Waals surface area contributed by atoms with Gasteiger partial charge in [-0.15, -0.1) is 0 Å². The number of hydrogen-bond donors (Lipinski definition) is 2. The van der Waals surface area contributed by atoms with Crippen molar-refractivity contribution in [2.24, 2.45) is 17.6 Å². The lowest BCUT2D eigenvalue weighted by molar-refractivity contribution is -0.125. The minimum Gasteiger partial charge on any atom is -0.356 e. The van der Waals surface area contributed by atoms with E-state index in [1.807, 2.05) is 37.3 Å². The molecule has 3 nitrogen and oxygen atoms in total. The van der Waals surface area contributed by atoms with E-state index in [1.165, 1.54) is 12.8 Å². The van der Waals surface area contributed by atoms with Crippen LogP contribution >= 0.6 is 0 Å². The van der Waals surface area contributed by atoms with Crippen LogP contribution < -0.4 is 11.1 Å². The monoisotopic (exact) mass is 232 g/mol. The van der Waals surface area contributed by atoms with Gasteiger partial charge < -0.3 is 11.1 Å². The summed E-state index contributed by atoms with van der Waals surface area (Å²) in [5.74, 6) is 0.587. The molecule has 1 saturated carbocycles. The number of nitrogens with one attached hydrogen (secondary N) is 1. The third kappa shape index (κ3) is 3.30. The molecule has 1 fully saturated rings. The molecular weight excluding hydrogens is 212 g/mol. The molecule has 1 amide bonds. The third-order valence-corrected chi connectivity index (χ3v) is 3.40. The van der Waals surface area contributed by atoms with Gasteiger partial charge in [-0.3, -0.25) is 4.79 Å². The van der Waals surface area contributed by atoms with Crippen molar-refractivity contribution in [2.45, 2.75) is 25.8 Å². The van der Waals surface area contributed by atoms with Crippen LogP contribution in [0.3, 0.4) is 0 Å². The average molecular weight is 232 g/mol. The van der Waals surface area contributed by atoms with Gasteiger partial charge in [-0.25, -0.2) is 0 Å². The Morgan fingerprint density at radius 1 is 1.41 bits per heavy atom. The summed E-state index contributed by atoms with van der Waals surface area (Å²) in [6, 6.07) is 9.56. The van der Waals surface area contributed by atoms with Crippen LogP contribution in [0.25, 0.3) is 0 Å². The summed E-state index contributed by atoms with van der Waals surface area (Å²) in [6.45, 7) is 2.70. The molecule has 0 aliphatic heterocycles. The topological polar surface area (TPSA) is 55.1 Å². The van der Waals surface area contributed by atoms with E-state index < -0.39 is 0 Å². The van der Waals surface area contributed by atoms with Crippen LogP contribution in [0.1, 0.15) is 31.4 Å². The Hall–Kier alpha value is -1.35. The highest BCUT2D eigenvalue weighted by Crippen LogP contribution is 2.28. The molecular formula is C14H20N2O. The second kappa shape index (κ2) is 5.32. The minimum absolute atomic E-state index is 0.0632. The minimum atomic E-state index is -0.226. The molecule has 2 unspecified atom stereocenters. The summed E-state index contributed by atoms with van der Waals surface area (Å²) < 4.78 is 0. The van der Waals surface area contributed by atoms with Gasteiger partial charge in [-0.05, 0) is 24.3 Å². The summed E-state index contributed by atoms with van der Waals surface area (Å²) in [6.07, 6.45) is 2.50. The number of carbonyl (C=O) groups is 1. The fourth-order valence-electron chi connectivity index (χ4n) is 1.85. The normalized spacial score (nSPS) is 18.5. The Morgan fingerprint density at radius 2 is 2.06 bits per heavy atom. The van der Waals surface area contributed by atoms with Crippen molar-refractivity contribution >= 4 is 5.91 Å². The second-order valence-corrected chi connectivity index (χ2v) is 4.91. The highest BCUT2D eigenvalue weighted by molar-refractivity contribution is 5.79. The van der Waals surface area contributed by atoms with Crippen molar-refractivity contribution in [3.8, 4) is 0 Å². The van der Waals surface area contributed by atoms with Crippen LogP contribution in [-0.4, -0.2) is 12.5 Å². The van der Waals surface area contributed by atoms with E-state index in [9.17, 15) is 4.79 Å². The van der Waals surface area contributed by atoms with E-state index in [-0.39, 0.29) is 17.9 Å². The maximum atomic E-state index is 11.9. The SMILES string of the molecule is CC(C(=O)NCC1CC1)C(N)c1ccccc1. The van der Waals surface area contributed by atoms with E-state index in [1.54, 1.807) is 0 Å². The summed E-state index contributed by atoms with van der Waals surface area (Å²) in [4.78, 5) is 11.9. The molecule has 0 radical (unpaired) electrons. The Kier molecular flexibility index (Phi) is 3.79. The van der Waals surface area contributed by atoms with E-state index in [0.717, 1.165) is 12.1 Å². The second-order valence-electron chi connectivity index (χ2n) is 4.91. The molecule has 92 valence electrons. The van der Waals surface area contributed by atoms with Crippen molar-refractivity contribution in [3.05, 3.63) is 35.9 Å². The van der Waals surface area contributed by atoms with Gasteiger partial charge in [0.1, 0.15) is 0 Å². The van der Waals surface area contributed by atoms with Crippen LogP contribution in [0.5, 0.6) is 0 Å². The first kappa shape index (κ1) is 12.1. The fraction of sp³-hybridized carbons (Fsp3) is 0.500.